The summed E-state index contributed by atoms with van der Waals surface area (Å²) in [7, 11) is 3.36. The monoisotopic (exact) mass is 388 g/mol. The summed E-state index contributed by atoms with van der Waals surface area (Å²) in [5.74, 6) is 0.627. The van der Waals surface area contributed by atoms with E-state index < -0.39 is 0 Å². The second-order valence-electron chi connectivity index (χ2n) is 6.73. The molecule has 2 aromatic rings. The Morgan fingerprint density at radius 3 is 2.52 bits per heavy atom. The van der Waals surface area contributed by atoms with Gasteiger partial charge in [0.1, 0.15) is 6.10 Å². The lowest BCUT2D eigenvalue weighted by atomic mass is 10.1. The van der Waals surface area contributed by atoms with E-state index in [4.69, 9.17) is 4.74 Å². The number of rotatable bonds is 4. The molecule has 0 atom stereocenters. The van der Waals surface area contributed by atoms with Gasteiger partial charge < -0.3 is 19.9 Å². The molecule has 0 aliphatic carbocycles. The molecule has 1 N–H and O–H groups in total. The topological polar surface area (TPSA) is 74.8 Å². The molecule has 7 nitrogen and oxygen atoms in total. The number of ether oxygens (including phenoxy) is 1. The van der Waals surface area contributed by atoms with E-state index in [0.717, 1.165) is 22.6 Å². The van der Waals surface area contributed by atoms with Crippen LogP contribution in [-0.2, 0) is 0 Å². The third-order valence-corrected chi connectivity index (χ3v) is 5.35. The average Bonchev–Trinajstić information content (AvgIpc) is 3.09. The van der Waals surface area contributed by atoms with Crippen LogP contribution >= 0.6 is 11.3 Å². The van der Waals surface area contributed by atoms with Crippen LogP contribution in [0.5, 0.6) is 5.88 Å². The number of hydrogen-bond acceptors (Lipinski definition) is 5. The molecule has 0 spiro atoms. The highest BCUT2D eigenvalue weighted by atomic mass is 32.1. The fraction of sp³-hybridized carbons (Fsp3) is 0.421. The highest BCUT2D eigenvalue weighted by Crippen LogP contribution is 2.22. The van der Waals surface area contributed by atoms with Gasteiger partial charge in [0, 0.05) is 51.0 Å². The van der Waals surface area contributed by atoms with Gasteiger partial charge in [0.05, 0.1) is 16.8 Å². The third kappa shape index (κ3) is 4.97. The van der Waals surface area contributed by atoms with Gasteiger partial charge in [-0.2, -0.15) is 0 Å². The molecule has 0 bridgehead atoms. The van der Waals surface area contributed by atoms with Gasteiger partial charge in [-0.25, -0.2) is 9.78 Å². The molecule has 0 radical (unpaired) electrons. The fourth-order valence-corrected chi connectivity index (χ4v) is 3.65. The number of carbonyl (C=O) groups is 2. The summed E-state index contributed by atoms with van der Waals surface area (Å²) in [6, 6.07) is 7.18. The first kappa shape index (κ1) is 19.2. The zero-order valence-corrected chi connectivity index (χ0v) is 16.6. The van der Waals surface area contributed by atoms with Gasteiger partial charge in [0.2, 0.25) is 5.88 Å². The lowest BCUT2D eigenvalue weighted by Gasteiger charge is -2.31. The highest BCUT2D eigenvalue weighted by Gasteiger charge is 2.25. The van der Waals surface area contributed by atoms with Crippen molar-refractivity contribution in [3.63, 3.8) is 0 Å². The molecule has 1 saturated heterocycles. The summed E-state index contributed by atoms with van der Waals surface area (Å²) in [6.07, 6.45) is 3.16. The Balaban J connectivity index is 1.49. The highest BCUT2D eigenvalue weighted by molar-refractivity contribution is 7.13. The second kappa shape index (κ2) is 8.39. The largest absolute Gasteiger partial charge is 0.474 e. The van der Waals surface area contributed by atoms with E-state index in [0.29, 0.717) is 24.7 Å². The number of amides is 3. The second-order valence-corrected chi connectivity index (χ2v) is 8.02. The standard InChI is InChI=1S/C19H24N4O3S/c1-13-4-6-16(27-13)18(24)23-10-8-15(9-11-23)26-17-7-5-14(12-20-17)21-19(25)22(2)3/h4-7,12,15H,8-11H2,1-3H3,(H,21,25). The van der Waals surface area contributed by atoms with Crippen LogP contribution < -0.4 is 10.1 Å². The quantitative estimate of drug-likeness (QED) is 0.873. The lowest BCUT2D eigenvalue weighted by Crippen LogP contribution is -2.41. The maximum Gasteiger partial charge on any atom is 0.321 e. The lowest BCUT2D eigenvalue weighted by molar-refractivity contribution is 0.0592. The average molecular weight is 388 g/mol. The third-order valence-electron chi connectivity index (χ3n) is 4.36. The van der Waals surface area contributed by atoms with Crippen molar-refractivity contribution in [2.24, 2.45) is 0 Å². The minimum Gasteiger partial charge on any atom is -0.474 e. The fourth-order valence-electron chi connectivity index (χ4n) is 2.81. The molecule has 8 heteroatoms. The van der Waals surface area contributed by atoms with Crippen LogP contribution in [0.1, 0.15) is 27.4 Å². The summed E-state index contributed by atoms with van der Waals surface area (Å²) in [5, 5.41) is 2.73. The van der Waals surface area contributed by atoms with Gasteiger partial charge in [-0.15, -0.1) is 11.3 Å². The van der Waals surface area contributed by atoms with Crippen molar-refractivity contribution in [3.8, 4) is 5.88 Å². The van der Waals surface area contributed by atoms with Gasteiger partial charge in [-0.1, -0.05) is 0 Å². The van der Waals surface area contributed by atoms with Crippen LogP contribution in [0.2, 0.25) is 0 Å². The number of nitrogens with one attached hydrogen (secondary N) is 1. The maximum atomic E-state index is 12.5. The number of piperidine rings is 1. The Morgan fingerprint density at radius 1 is 1.22 bits per heavy atom. The predicted molar refractivity (Wildman–Crippen MR) is 106 cm³/mol. The number of urea groups is 1. The zero-order valence-electron chi connectivity index (χ0n) is 15.8. The predicted octanol–water partition coefficient (Wildman–Crippen LogP) is 3.23. The van der Waals surface area contributed by atoms with Crippen molar-refractivity contribution in [1.29, 1.82) is 0 Å². The summed E-state index contributed by atoms with van der Waals surface area (Å²) in [5.41, 5.74) is 0.618. The Labute approximate surface area is 162 Å². The van der Waals surface area contributed by atoms with Crippen LogP contribution in [0.15, 0.2) is 30.5 Å². The molecule has 3 amide bonds. The first-order chi connectivity index (χ1) is 12.9. The van der Waals surface area contributed by atoms with Crippen molar-refractivity contribution in [2.75, 3.05) is 32.5 Å². The zero-order chi connectivity index (χ0) is 19.4. The SMILES string of the molecule is Cc1ccc(C(=O)N2CCC(Oc3ccc(NC(=O)N(C)C)cn3)CC2)s1. The summed E-state index contributed by atoms with van der Waals surface area (Å²) >= 11 is 1.53. The van der Waals surface area contributed by atoms with Gasteiger partial charge in [0.25, 0.3) is 5.91 Å². The Morgan fingerprint density at radius 2 is 1.96 bits per heavy atom. The van der Waals surface area contributed by atoms with E-state index in [-0.39, 0.29) is 18.0 Å². The molecule has 3 heterocycles. The minimum absolute atomic E-state index is 0.0360. The normalized spacial score (nSPS) is 14.7. The van der Waals surface area contributed by atoms with E-state index in [1.807, 2.05) is 24.0 Å². The molecule has 144 valence electrons. The molecule has 1 aliphatic rings. The molecule has 27 heavy (non-hydrogen) atoms. The van der Waals surface area contributed by atoms with Crippen LogP contribution in [0.3, 0.4) is 0 Å². The Bertz CT molecular complexity index is 796. The number of nitrogens with zero attached hydrogens (tertiary/aromatic N) is 3. The summed E-state index contributed by atoms with van der Waals surface area (Å²) < 4.78 is 5.93. The molecule has 0 saturated carbocycles. The number of carbonyl (C=O) groups excluding carboxylic acids is 2. The van der Waals surface area contributed by atoms with Crippen molar-refractivity contribution < 1.29 is 14.3 Å². The Kier molecular flexibility index (Phi) is 5.95. The molecule has 0 aromatic carbocycles. The van der Waals surface area contributed by atoms with Crippen LogP contribution in [0, 0.1) is 6.92 Å². The first-order valence-electron chi connectivity index (χ1n) is 8.89. The summed E-state index contributed by atoms with van der Waals surface area (Å²) in [4.78, 5) is 33.7. The van der Waals surface area contributed by atoms with Crippen molar-refractivity contribution in [1.82, 2.24) is 14.8 Å². The molecule has 0 unspecified atom stereocenters. The summed E-state index contributed by atoms with van der Waals surface area (Å²) in [6.45, 7) is 3.36. The van der Waals surface area contributed by atoms with E-state index in [9.17, 15) is 9.59 Å². The maximum absolute atomic E-state index is 12.5. The molecular weight excluding hydrogens is 364 g/mol. The number of thiophene rings is 1. The van der Waals surface area contributed by atoms with Gasteiger partial charge in [-0.05, 0) is 25.1 Å². The van der Waals surface area contributed by atoms with Crippen molar-refractivity contribution in [2.45, 2.75) is 25.9 Å². The molecule has 2 aromatic heterocycles. The van der Waals surface area contributed by atoms with Crippen LogP contribution in [0.4, 0.5) is 10.5 Å². The number of hydrogen-bond donors (Lipinski definition) is 1. The smallest absolute Gasteiger partial charge is 0.321 e. The van der Waals surface area contributed by atoms with Gasteiger partial charge in [0.15, 0.2) is 0 Å². The van der Waals surface area contributed by atoms with Gasteiger partial charge in [-0.3, -0.25) is 4.79 Å². The van der Waals surface area contributed by atoms with Crippen LogP contribution in [0.25, 0.3) is 0 Å². The number of aryl methyl sites for hydroxylation is 1. The molecular formula is C19H24N4O3S. The van der Waals surface area contributed by atoms with E-state index in [1.165, 1.54) is 16.2 Å². The Hall–Kier alpha value is -2.61. The number of pyridine rings is 1. The first-order valence-corrected chi connectivity index (χ1v) is 9.71. The number of aromatic nitrogens is 1. The number of likely N-dealkylation sites (tertiary alicyclic amines) is 1. The van der Waals surface area contributed by atoms with Crippen molar-refractivity contribution in [3.05, 3.63) is 40.2 Å². The van der Waals surface area contributed by atoms with Crippen molar-refractivity contribution >= 4 is 29.0 Å². The molecule has 3 rings (SSSR count). The van der Waals surface area contributed by atoms with E-state index in [2.05, 4.69) is 10.3 Å². The number of anilines is 1. The van der Waals surface area contributed by atoms with E-state index in [1.54, 1.807) is 32.4 Å². The molecule has 1 aliphatic heterocycles. The minimum atomic E-state index is -0.205. The van der Waals surface area contributed by atoms with Crippen LogP contribution in [-0.4, -0.2) is 60.0 Å². The van der Waals surface area contributed by atoms with E-state index >= 15 is 0 Å². The molecule has 1 fully saturated rings. The van der Waals surface area contributed by atoms with Gasteiger partial charge >= 0.3 is 6.03 Å².